The van der Waals surface area contributed by atoms with E-state index in [2.05, 4.69) is 5.32 Å². The van der Waals surface area contributed by atoms with Gasteiger partial charge in [-0.05, 0) is 31.5 Å². The van der Waals surface area contributed by atoms with Crippen LogP contribution in [0.4, 0.5) is 0 Å². The van der Waals surface area contributed by atoms with E-state index in [0.717, 1.165) is 25.8 Å². The molecule has 0 saturated carbocycles. The van der Waals surface area contributed by atoms with Crippen LogP contribution in [0.25, 0.3) is 0 Å². The number of benzene rings is 1. The molecule has 5 N–H and O–H groups in total. The molecule has 0 radical (unpaired) electrons. The lowest BCUT2D eigenvalue weighted by Crippen LogP contribution is -2.38. The fourth-order valence-electron chi connectivity index (χ4n) is 2.19. The summed E-state index contributed by atoms with van der Waals surface area (Å²) in [5, 5.41) is 41.6. The second-order valence-electron chi connectivity index (χ2n) is 4.37. The van der Waals surface area contributed by atoms with Gasteiger partial charge in [0.2, 0.25) is 5.75 Å². The Kier molecular flexibility index (Phi) is 3.40. The maximum Gasteiger partial charge on any atom is 0.200 e. The molecule has 0 aliphatic carbocycles. The number of aliphatic hydroxyl groups excluding tert-OH is 1. The van der Waals surface area contributed by atoms with E-state index in [1.807, 2.05) is 0 Å². The Morgan fingerprint density at radius 2 is 1.88 bits per heavy atom. The number of aliphatic hydroxyl groups is 1. The quantitative estimate of drug-likeness (QED) is 0.496. The van der Waals surface area contributed by atoms with E-state index in [0.29, 0.717) is 0 Å². The molecule has 2 rings (SSSR count). The van der Waals surface area contributed by atoms with E-state index in [4.69, 9.17) is 0 Å². The second kappa shape index (κ2) is 4.81. The highest BCUT2D eigenvalue weighted by Gasteiger charge is 2.26. The van der Waals surface area contributed by atoms with Gasteiger partial charge in [0.15, 0.2) is 11.5 Å². The van der Waals surface area contributed by atoms with Gasteiger partial charge in [0, 0.05) is 11.6 Å². The van der Waals surface area contributed by atoms with Crippen molar-refractivity contribution in [2.24, 2.45) is 0 Å². The van der Waals surface area contributed by atoms with Crippen LogP contribution < -0.4 is 5.32 Å². The van der Waals surface area contributed by atoms with Crippen LogP contribution in [0.2, 0.25) is 0 Å². The van der Waals surface area contributed by atoms with Gasteiger partial charge >= 0.3 is 0 Å². The molecule has 1 aliphatic rings. The van der Waals surface area contributed by atoms with Gasteiger partial charge in [-0.25, -0.2) is 0 Å². The standard InChI is InChI=1S/C12H17NO4/c14-9-5-4-7(11(16)12(9)17)10(15)8-3-1-2-6-13-8/h4-5,8,10,13-17H,1-3,6H2. The molecule has 17 heavy (non-hydrogen) atoms. The highest BCUT2D eigenvalue weighted by atomic mass is 16.3. The van der Waals surface area contributed by atoms with Crippen molar-refractivity contribution in [3.63, 3.8) is 0 Å². The maximum atomic E-state index is 10.1. The van der Waals surface area contributed by atoms with Gasteiger partial charge < -0.3 is 25.7 Å². The van der Waals surface area contributed by atoms with Gasteiger partial charge in [0.05, 0.1) is 6.10 Å². The number of phenols is 3. The summed E-state index contributed by atoms with van der Waals surface area (Å²) in [7, 11) is 0. The van der Waals surface area contributed by atoms with Crippen molar-refractivity contribution < 1.29 is 20.4 Å². The molecule has 2 atom stereocenters. The van der Waals surface area contributed by atoms with Crippen LogP contribution in [0, 0.1) is 0 Å². The minimum Gasteiger partial charge on any atom is -0.504 e. The summed E-state index contributed by atoms with van der Waals surface area (Å²) >= 11 is 0. The third kappa shape index (κ3) is 2.30. The minimum absolute atomic E-state index is 0.126. The van der Waals surface area contributed by atoms with E-state index in [-0.39, 0.29) is 11.6 Å². The SMILES string of the molecule is Oc1ccc(C(O)C2CCCCN2)c(O)c1O. The average Bonchev–Trinajstić information content (AvgIpc) is 2.36. The zero-order valence-corrected chi connectivity index (χ0v) is 9.43. The summed E-state index contributed by atoms with van der Waals surface area (Å²) in [5.41, 5.74) is 0.236. The number of rotatable bonds is 2. The second-order valence-corrected chi connectivity index (χ2v) is 4.37. The van der Waals surface area contributed by atoms with Crippen LogP contribution in [-0.2, 0) is 0 Å². The predicted molar refractivity (Wildman–Crippen MR) is 62.0 cm³/mol. The Morgan fingerprint density at radius 1 is 1.12 bits per heavy atom. The maximum absolute atomic E-state index is 10.1. The fraction of sp³-hybridized carbons (Fsp3) is 0.500. The molecule has 0 spiro atoms. The molecule has 94 valence electrons. The van der Waals surface area contributed by atoms with E-state index in [9.17, 15) is 20.4 Å². The molecular formula is C12H17NO4. The molecule has 1 aromatic carbocycles. The van der Waals surface area contributed by atoms with Crippen molar-refractivity contribution in [2.75, 3.05) is 6.54 Å². The Bertz CT molecular complexity index is 402. The van der Waals surface area contributed by atoms with Gasteiger partial charge in [-0.3, -0.25) is 0 Å². The lowest BCUT2D eigenvalue weighted by molar-refractivity contribution is 0.110. The zero-order valence-electron chi connectivity index (χ0n) is 9.43. The number of piperidine rings is 1. The average molecular weight is 239 g/mol. The highest BCUT2D eigenvalue weighted by molar-refractivity contribution is 5.54. The van der Waals surface area contributed by atoms with E-state index in [1.54, 1.807) is 0 Å². The van der Waals surface area contributed by atoms with Crippen molar-refractivity contribution in [1.29, 1.82) is 0 Å². The molecule has 0 bridgehead atoms. The van der Waals surface area contributed by atoms with Crippen molar-refractivity contribution >= 4 is 0 Å². The number of phenolic OH excluding ortho intramolecular Hbond substituents is 3. The number of hydrogen-bond donors (Lipinski definition) is 5. The Balaban J connectivity index is 2.24. The lowest BCUT2D eigenvalue weighted by atomic mass is 9.94. The summed E-state index contributed by atoms with van der Waals surface area (Å²) in [4.78, 5) is 0. The first-order valence-electron chi connectivity index (χ1n) is 5.76. The van der Waals surface area contributed by atoms with Gasteiger partial charge in [-0.1, -0.05) is 6.42 Å². The van der Waals surface area contributed by atoms with Gasteiger partial charge in [-0.15, -0.1) is 0 Å². The Hall–Kier alpha value is -1.46. The minimum atomic E-state index is -0.887. The molecule has 1 aliphatic heterocycles. The number of hydrogen-bond acceptors (Lipinski definition) is 5. The Labute approximate surface area is 99.3 Å². The van der Waals surface area contributed by atoms with Crippen LogP contribution in [-0.4, -0.2) is 33.0 Å². The first kappa shape index (κ1) is 12.0. The van der Waals surface area contributed by atoms with Crippen LogP contribution in [0.1, 0.15) is 30.9 Å². The van der Waals surface area contributed by atoms with Crippen molar-refractivity contribution in [1.82, 2.24) is 5.32 Å². The van der Waals surface area contributed by atoms with Crippen molar-refractivity contribution in [3.8, 4) is 17.2 Å². The van der Waals surface area contributed by atoms with E-state index >= 15 is 0 Å². The zero-order chi connectivity index (χ0) is 12.4. The predicted octanol–water partition coefficient (Wildman–Crippen LogP) is 0.979. The van der Waals surface area contributed by atoms with Crippen molar-refractivity contribution in [3.05, 3.63) is 17.7 Å². The summed E-state index contributed by atoms with van der Waals surface area (Å²) < 4.78 is 0. The summed E-state index contributed by atoms with van der Waals surface area (Å²) in [6.45, 7) is 0.840. The lowest BCUT2D eigenvalue weighted by Gasteiger charge is -2.28. The van der Waals surface area contributed by atoms with E-state index in [1.165, 1.54) is 12.1 Å². The van der Waals surface area contributed by atoms with Gasteiger partial charge in [0.1, 0.15) is 0 Å². The number of nitrogens with one attached hydrogen (secondary N) is 1. The van der Waals surface area contributed by atoms with Gasteiger partial charge in [-0.2, -0.15) is 0 Å². The molecule has 5 heteroatoms. The van der Waals surface area contributed by atoms with Crippen LogP contribution in [0.15, 0.2) is 12.1 Å². The molecule has 0 amide bonds. The largest absolute Gasteiger partial charge is 0.504 e. The Morgan fingerprint density at radius 3 is 2.53 bits per heavy atom. The van der Waals surface area contributed by atoms with Crippen LogP contribution in [0.3, 0.4) is 0 Å². The molecule has 5 nitrogen and oxygen atoms in total. The molecule has 1 fully saturated rings. The third-order valence-electron chi connectivity index (χ3n) is 3.21. The summed E-state index contributed by atoms with van der Waals surface area (Å²) in [6, 6.07) is 2.56. The fourth-order valence-corrected chi connectivity index (χ4v) is 2.19. The third-order valence-corrected chi connectivity index (χ3v) is 3.21. The van der Waals surface area contributed by atoms with Crippen LogP contribution >= 0.6 is 0 Å². The summed E-state index contributed by atoms with van der Waals surface area (Å²) in [5.74, 6) is -1.43. The molecular weight excluding hydrogens is 222 g/mol. The molecule has 0 aromatic heterocycles. The molecule has 2 unspecified atom stereocenters. The van der Waals surface area contributed by atoms with E-state index < -0.39 is 23.4 Å². The van der Waals surface area contributed by atoms with Crippen molar-refractivity contribution in [2.45, 2.75) is 31.4 Å². The molecule has 1 saturated heterocycles. The number of aromatic hydroxyl groups is 3. The van der Waals surface area contributed by atoms with Gasteiger partial charge in [0.25, 0.3) is 0 Å². The monoisotopic (exact) mass is 239 g/mol. The first-order valence-corrected chi connectivity index (χ1v) is 5.76. The summed E-state index contributed by atoms with van der Waals surface area (Å²) in [6.07, 6.45) is 2.04. The first-order chi connectivity index (χ1) is 8.11. The smallest absolute Gasteiger partial charge is 0.200 e. The normalized spacial score (nSPS) is 22.3. The van der Waals surface area contributed by atoms with Crippen LogP contribution in [0.5, 0.6) is 17.2 Å². The topological polar surface area (TPSA) is 93.0 Å². The highest BCUT2D eigenvalue weighted by Crippen LogP contribution is 2.40. The molecule has 1 heterocycles. The molecule has 1 aromatic rings.